The van der Waals surface area contributed by atoms with Crippen molar-refractivity contribution in [2.75, 3.05) is 31.8 Å². The first-order valence-corrected chi connectivity index (χ1v) is 15.1. The first-order chi connectivity index (χ1) is 20.9. The summed E-state index contributed by atoms with van der Waals surface area (Å²) < 4.78 is 23.5. The summed E-state index contributed by atoms with van der Waals surface area (Å²) in [7, 11) is 1.53. The number of ketones is 1. The topological polar surface area (TPSA) is 107 Å². The molecule has 1 aromatic heterocycles. The monoisotopic (exact) mass is 602 g/mol. The van der Waals surface area contributed by atoms with E-state index in [2.05, 4.69) is 6.92 Å². The summed E-state index contributed by atoms with van der Waals surface area (Å²) >= 11 is 1.27. The number of anilines is 1. The van der Waals surface area contributed by atoms with Crippen LogP contribution in [0, 0.1) is 0 Å². The lowest BCUT2D eigenvalue weighted by atomic mass is 9.95. The number of Topliss-reactive ketones (excluding diaryl/α,β-unsaturated/α-hetero) is 1. The summed E-state index contributed by atoms with van der Waals surface area (Å²) in [5.41, 5.74) is 1.54. The van der Waals surface area contributed by atoms with Gasteiger partial charge < -0.3 is 24.1 Å². The van der Waals surface area contributed by atoms with Crippen LogP contribution < -0.4 is 23.8 Å². The van der Waals surface area contributed by atoms with Crippen molar-refractivity contribution in [2.45, 2.75) is 39.7 Å². The van der Waals surface area contributed by atoms with E-state index < -0.39 is 17.7 Å². The highest BCUT2D eigenvalue weighted by molar-refractivity contribution is 7.22. The molecule has 1 saturated heterocycles. The van der Waals surface area contributed by atoms with Gasteiger partial charge in [0.05, 0.1) is 48.8 Å². The molecule has 0 spiro atoms. The molecule has 5 rings (SSSR count). The third-order valence-electron chi connectivity index (χ3n) is 7.01. The number of rotatable bonds is 12. The van der Waals surface area contributed by atoms with E-state index in [4.69, 9.17) is 23.9 Å². The molecule has 0 bridgehead atoms. The minimum atomic E-state index is -0.975. The fraction of sp³-hybridized carbons (Fsp3) is 0.303. The molecule has 224 valence electrons. The van der Waals surface area contributed by atoms with E-state index in [1.54, 1.807) is 42.5 Å². The highest BCUT2D eigenvalue weighted by atomic mass is 32.1. The number of nitrogens with zero attached hydrogens (tertiary/aromatic N) is 2. The fourth-order valence-corrected chi connectivity index (χ4v) is 5.95. The summed E-state index contributed by atoms with van der Waals surface area (Å²) in [6, 6.07) is 16.5. The molecule has 4 aromatic rings. The molecule has 1 fully saturated rings. The van der Waals surface area contributed by atoms with Gasteiger partial charge in [0.15, 0.2) is 16.6 Å². The Morgan fingerprint density at radius 1 is 0.907 bits per heavy atom. The van der Waals surface area contributed by atoms with Gasteiger partial charge in [0.2, 0.25) is 0 Å². The maximum atomic E-state index is 13.7. The van der Waals surface area contributed by atoms with Crippen LogP contribution in [0.1, 0.15) is 50.8 Å². The van der Waals surface area contributed by atoms with Gasteiger partial charge in [-0.3, -0.25) is 14.5 Å². The molecule has 2 heterocycles. The summed E-state index contributed by atoms with van der Waals surface area (Å²) in [4.78, 5) is 33.4. The summed E-state index contributed by atoms with van der Waals surface area (Å²) in [6.45, 7) is 7.39. The number of carbonyl (C=O) groups is 2. The third kappa shape index (κ3) is 6.01. The van der Waals surface area contributed by atoms with Gasteiger partial charge in [0.25, 0.3) is 5.78 Å². The number of amides is 1. The number of aliphatic hydroxyl groups is 1. The van der Waals surface area contributed by atoms with Crippen LogP contribution in [0.25, 0.3) is 16.0 Å². The zero-order chi connectivity index (χ0) is 30.5. The predicted molar refractivity (Wildman–Crippen MR) is 167 cm³/mol. The third-order valence-corrected chi connectivity index (χ3v) is 8.03. The molecule has 3 aromatic carbocycles. The van der Waals surface area contributed by atoms with Crippen LogP contribution in [-0.4, -0.2) is 48.7 Å². The van der Waals surface area contributed by atoms with E-state index in [1.807, 2.05) is 32.0 Å². The molecular weight excluding hydrogens is 568 g/mol. The normalized spacial score (nSPS) is 16.1. The second-order valence-corrected chi connectivity index (χ2v) is 10.8. The molecule has 1 unspecified atom stereocenters. The van der Waals surface area contributed by atoms with E-state index in [0.29, 0.717) is 64.6 Å². The lowest BCUT2D eigenvalue weighted by Gasteiger charge is -2.24. The predicted octanol–water partition coefficient (Wildman–Crippen LogP) is 6.91. The van der Waals surface area contributed by atoms with Crippen molar-refractivity contribution in [3.05, 3.63) is 77.4 Å². The molecule has 10 heteroatoms. The zero-order valence-electron chi connectivity index (χ0n) is 24.6. The Morgan fingerprint density at radius 3 is 2.33 bits per heavy atom. The van der Waals surface area contributed by atoms with Crippen LogP contribution in [0.3, 0.4) is 0 Å². The lowest BCUT2D eigenvalue weighted by Crippen LogP contribution is -2.29. The largest absolute Gasteiger partial charge is 0.507 e. The molecule has 1 amide bonds. The van der Waals surface area contributed by atoms with E-state index in [9.17, 15) is 14.7 Å². The minimum absolute atomic E-state index is 0.0508. The van der Waals surface area contributed by atoms with Gasteiger partial charge in [0.1, 0.15) is 17.3 Å². The van der Waals surface area contributed by atoms with Gasteiger partial charge in [-0.1, -0.05) is 30.7 Å². The van der Waals surface area contributed by atoms with Crippen LogP contribution in [0.5, 0.6) is 23.0 Å². The maximum absolute atomic E-state index is 13.7. The Bertz CT molecular complexity index is 1660. The van der Waals surface area contributed by atoms with Crippen molar-refractivity contribution >= 4 is 44.1 Å². The molecule has 1 aliphatic heterocycles. The van der Waals surface area contributed by atoms with Crippen molar-refractivity contribution in [1.29, 1.82) is 0 Å². The van der Waals surface area contributed by atoms with Crippen LogP contribution in [0.2, 0.25) is 0 Å². The van der Waals surface area contributed by atoms with Crippen LogP contribution in [0.4, 0.5) is 5.13 Å². The molecule has 1 N–H and O–H groups in total. The number of unbranched alkanes of at least 4 members (excludes halogenated alkanes) is 1. The quantitative estimate of drug-likeness (QED) is 0.0807. The standard InChI is InChI=1S/C33H34N2O7S/c1-5-8-17-42-25-16-11-21(18-26(25)39-4)29-28(30(36)20-9-12-22(13-10-20)40-6-2)31(37)32(38)35(29)33-34-24-15-14-23(41-7-3)19-27(24)43-33/h9-16,18-19,29,36H,5-8,17H2,1-4H3/b30-28+. The molecule has 9 nitrogen and oxygen atoms in total. The highest BCUT2D eigenvalue weighted by Gasteiger charge is 2.48. The van der Waals surface area contributed by atoms with E-state index in [1.165, 1.54) is 23.3 Å². The van der Waals surface area contributed by atoms with Gasteiger partial charge in [-0.15, -0.1) is 0 Å². The van der Waals surface area contributed by atoms with Crippen LogP contribution in [0.15, 0.2) is 66.2 Å². The van der Waals surface area contributed by atoms with Crippen molar-refractivity contribution in [3.63, 3.8) is 0 Å². The van der Waals surface area contributed by atoms with Gasteiger partial charge in [-0.05, 0) is 80.4 Å². The van der Waals surface area contributed by atoms with Gasteiger partial charge in [0, 0.05) is 5.56 Å². The Labute approximate surface area is 254 Å². The number of hydrogen-bond donors (Lipinski definition) is 1. The SMILES string of the molecule is CCCCOc1ccc(C2/C(=C(\O)c3ccc(OCC)cc3)C(=O)C(=O)N2c2nc3ccc(OCC)cc3s2)cc1OC. The number of carbonyl (C=O) groups excluding carboxylic acids is 2. The molecule has 1 atom stereocenters. The zero-order valence-corrected chi connectivity index (χ0v) is 25.4. The lowest BCUT2D eigenvalue weighted by molar-refractivity contribution is -0.132. The molecule has 0 saturated carbocycles. The number of benzene rings is 3. The Balaban J connectivity index is 1.65. The number of fused-ring (bicyclic) bond motifs is 1. The van der Waals surface area contributed by atoms with Crippen LogP contribution in [-0.2, 0) is 9.59 Å². The summed E-state index contributed by atoms with van der Waals surface area (Å²) in [5.74, 6) is 0.410. The number of ether oxygens (including phenoxy) is 4. The first kappa shape index (κ1) is 29.9. The number of thiazole rings is 1. The fourth-order valence-electron chi connectivity index (χ4n) is 4.93. The van der Waals surface area contributed by atoms with Gasteiger partial charge >= 0.3 is 5.91 Å². The van der Waals surface area contributed by atoms with Crippen molar-refractivity contribution in [1.82, 2.24) is 4.98 Å². The summed E-state index contributed by atoms with van der Waals surface area (Å²) in [5, 5.41) is 11.9. The van der Waals surface area contributed by atoms with Gasteiger partial charge in [-0.25, -0.2) is 4.98 Å². The average Bonchev–Trinajstić information content (AvgIpc) is 3.55. The van der Waals surface area contributed by atoms with E-state index in [-0.39, 0.29) is 11.3 Å². The Morgan fingerprint density at radius 2 is 1.63 bits per heavy atom. The van der Waals surface area contributed by atoms with E-state index in [0.717, 1.165) is 17.5 Å². The Kier molecular flexibility index (Phi) is 9.16. The minimum Gasteiger partial charge on any atom is -0.507 e. The average molecular weight is 603 g/mol. The van der Waals surface area contributed by atoms with Crippen molar-refractivity contribution < 1.29 is 33.6 Å². The molecule has 0 aliphatic carbocycles. The maximum Gasteiger partial charge on any atom is 0.301 e. The smallest absolute Gasteiger partial charge is 0.301 e. The van der Waals surface area contributed by atoms with Crippen LogP contribution >= 0.6 is 11.3 Å². The van der Waals surface area contributed by atoms with Crippen molar-refractivity contribution in [2.24, 2.45) is 0 Å². The summed E-state index contributed by atoms with van der Waals surface area (Å²) in [6.07, 6.45) is 1.87. The van der Waals surface area contributed by atoms with E-state index >= 15 is 0 Å². The van der Waals surface area contributed by atoms with Gasteiger partial charge in [-0.2, -0.15) is 0 Å². The number of aromatic nitrogens is 1. The molecule has 0 radical (unpaired) electrons. The molecular formula is C33H34N2O7S. The second kappa shape index (κ2) is 13.2. The number of aliphatic hydroxyl groups excluding tert-OH is 1. The second-order valence-electron chi connectivity index (χ2n) is 9.80. The highest BCUT2D eigenvalue weighted by Crippen LogP contribution is 2.46. The Hall–Kier alpha value is -4.57. The molecule has 43 heavy (non-hydrogen) atoms. The number of methoxy groups -OCH3 is 1. The van der Waals surface area contributed by atoms with Crippen molar-refractivity contribution in [3.8, 4) is 23.0 Å². The number of hydrogen-bond acceptors (Lipinski definition) is 9. The molecule has 1 aliphatic rings. The first-order valence-electron chi connectivity index (χ1n) is 14.3.